The Bertz CT molecular complexity index is 811. The van der Waals surface area contributed by atoms with Crippen LogP contribution in [0.1, 0.15) is 15.9 Å². The van der Waals surface area contributed by atoms with E-state index in [1.807, 2.05) is 24.3 Å². The second kappa shape index (κ2) is 9.14. The van der Waals surface area contributed by atoms with Crippen LogP contribution in [0.4, 0.5) is 16.2 Å². The number of anilines is 2. The fraction of sp³-hybridized carbons (Fsp3) is 0.263. The molecule has 0 saturated carbocycles. The van der Waals surface area contributed by atoms with Crippen LogP contribution in [0.5, 0.6) is 5.75 Å². The van der Waals surface area contributed by atoms with Gasteiger partial charge in [0.1, 0.15) is 5.75 Å². The Morgan fingerprint density at radius 3 is 2.63 bits per heavy atom. The van der Waals surface area contributed by atoms with Gasteiger partial charge in [-0.25, -0.2) is 4.79 Å². The number of amides is 3. The van der Waals surface area contributed by atoms with Crippen LogP contribution >= 0.6 is 12.4 Å². The number of halogens is 1. The number of carbonyl (C=O) groups excluding carboxylic acids is 2. The van der Waals surface area contributed by atoms with E-state index in [0.717, 1.165) is 11.3 Å². The third kappa shape index (κ3) is 4.83. The molecule has 0 spiro atoms. The third-order valence-electron chi connectivity index (χ3n) is 4.27. The lowest BCUT2D eigenvalue weighted by molar-refractivity contribution is 0.0954. The van der Waals surface area contributed by atoms with Crippen LogP contribution in [0.3, 0.4) is 0 Å². The van der Waals surface area contributed by atoms with Gasteiger partial charge in [0.15, 0.2) is 0 Å². The monoisotopic (exact) mass is 390 g/mol. The van der Waals surface area contributed by atoms with Gasteiger partial charge in [-0.1, -0.05) is 12.1 Å². The van der Waals surface area contributed by atoms with Crippen molar-refractivity contribution in [2.45, 2.75) is 6.42 Å². The minimum Gasteiger partial charge on any atom is -0.495 e. The van der Waals surface area contributed by atoms with Crippen molar-refractivity contribution in [3.05, 3.63) is 53.6 Å². The van der Waals surface area contributed by atoms with Crippen LogP contribution in [-0.2, 0) is 6.42 Å². The second-order valence-corrected chi connectivity index (χ2v) is 6.02. The summed E-state index contributed by atoms with van der Waals surface area (Å²) in [6.07, 6.45) is 0.712. The summed E-state index contributed by atoms with van der Waals surface area (Å²) in [5.41, 5.74) is 8.56. The van der Waals surface area contributed by atoms with Crippen molar-refractivity contribution in [3.63, 3.8) is 0 Å². The lowest BCUT2D eigenvalue weighted by Crippen LogP contribution is -2.29. The third-order valence-corrected chi connectivity index (χ3v) is 4.27. The number of rotatable bonds is 6. The van der Waals surface area contributed by atoms with Gasteiger partial charge in [-0.05, 0) is 42.3 Å². The van der Waals surface area contributed by atoms with Crippen molar-refractivity contribution < 1.29 is 14.3 Å². The molecule has 2 aromatic carbocycles. The van der Waals surface area contributed by atoms with Crippen LogP contribution in [-0.4, -0.2) is 38.7 Å². The summed E-state index contributed by atoms with van der Waals surface area (Å²) in [4.78, 5) is 25.9. The summed E-state index contributed by atoms with van der Waals surface area (Å²) in [5, 5.41) is 5.64. The predicted octanol–water partition coefficient (Wildman–Crippen LogP) is 2.20. The van der Waals surface area contributed by atoms with Gasteiger partial charge in [0.05, 0.1) is 12.8 Å². The van der Waals surface area contributed by atoms with Gasteiger partial charge in [0.2, 0.25) is 0 Å². The van der Waals surface area contributed by atoms with Gasteiger partial charge in [0, 0.05) is 30.9 Å². The van der Waals surface area contributed by atoms with E-state index >= 15 is 0 Å². The SMILES string of the molecule is COc1ccc(C(=O)NCCc2ccc(N)cc2)cc1N1CCNC1=O.Cl. The number of methoxy groups -OCH3 is 1. The average molecular weight is 391 g/mol. The Balaban J connectivity index is 0.00000261. The first-order valence-corrected chi connectivity index (χ1v) is 8.44. The molecule has 1 aliphatic rings. The van der Waals surface area contributed by atoms with E-state index in [2.05, 4.69) is 10.6 Å². The van der Waals surface area contributed by atoms with Crippen LogP contribution in [0.15, 0.2) is 42.5 Å². The van der Waals surface area contributed by atoms with Crippen molar-refractivity contribution in [1.29, 1.82) is 0 Å². The Labute approximate surface area is 164 Å². The van der Waals surface area contributed by atoms with E-state index in [0.29, 0.717) is 43.1 Å². The molecule has 2 aromatic rings. The van der Waals surface area contributed by atoms with E-state index in [-0.39, 0.29) is 24.3 Å². The number of nitrogen functional groups attached to an aromatic ring is 1. The highest BCUT2D eigenvalue weighted by molar-refractivity contribution is 5.99. The molecule has 0 aromatic heterocycles. The maximum atomic E-state index is 12.4. The van der Waals surface area contributed by atoms with Gasteiger partial charge in [-0.15, -0.1) is 12.4 Å². The maximum absolute atomic E-state index is 12.4. The topological polar surface area (TPSA) is 96.7 Å². The number of hydrogen-bond donors (Lipinski definition) is 3. The molecule has 0 unspecified atom stereocenters. The number of nitrogens with zero attached hydrogens (tertiary/aromatic N) is 1. The first kappa shape index (κ1) is 20.4. The summed E-state index contributed by atoms with van der Waals surface area (Å²) >= 11 is 0. The lowest BCUT2D eigenvalue weighted by Gasteiger charge is -2.18. The Kier molecular flexibility index (Phi) is 6.90. The predicted molar refractivity (Wildman–Crippen MR) is 108 cm³/mol. The molecular formula is C19H23ClN4O3. The molecule has 27 heavy (non-hydrogen) atoms. The van der Waals surface area contributed by atoms with Gasteiger partial charge in [0.25, 0.3) is 5.91 Å². The summed E-state index contributed by atoms with van der Waals surface area (Å²) in [6, 6.07) is 12.5. The molecule has 0 bridgehead atoms. The molecular weight excluding hydrogens is 368 g/mol. The van der Waals surface area contributed by atoms with Crippen molar-refractivity contribution in [3.8, 4) is 5.75 Å². The van der Waals surface area contributed by atoms with Gasteiger partial charge in [-0.3, -0.25) is 9.69 Å². The maximum Gasteiger partial charge on any atom is 0.322 e. The smallest absolute Gasteiger partial charge is 0.322 e. The van der Waals surface area contributed by atoms with E-state index in [1.54, 1.807) is 30.2 Å². The van der Waals surface area contributed by atoms with Crippen molar-refractivity contribution in [2.75, 3.05) is 37.4 Å². The molecule has 1 aliphatic heterocycles. The summed E-state index contributed by atoms with van der Waals surface area (Å²) < 4.78 is 5.33. The molecule has 7 nitrogen and oxygen atoms in total. The molecule has 0 radical (unpaired) electrons. The summed E-state index contributed by atoms with van der Waals surface area (Å²) in [6.45, 7) is 1.62. The standard InChI is InChI=1S/C19H22N4O3.ClH/c1-26-17-7-4-14(12-16(17)23-11-10-22-19(23)25)18(24)21-9-8-13-2-5-15(20)6-3-13;/h2-7,12H,8-11,20H2,1H3,(H,21,24)(H,22,25);1H. The average Bonchev–Trinajstić information content (AvgIpc) is 3.08. The van der Waals surface area contributed by atoms with E-state index in [1.165, 1.54) is 0 Å². The number of carbonyl (C=O) groups is 2. The molecule has 1 fully saturated rings. The minimum absolute atomic E-state index is 0. The zero-order valence-corrected chi connectivity index (χ0v) is 15.8. The van der Waals surface area contributed by atoms with Gasteiger partial charge >= 0.3 is 6.03 Å². The van der Waals surface area contributed by atoms with Crippen molar-refractivity contribution in [2.24, 2.45) is 0 Å². The summed E-state index contributed by atoms with van der Waals surface area (Å²) in [7, 11) is 1.54. The quantitative estimate of drug-likeness (QED) is 0.659. The van der Waals surface area contributed by atoms with Crippen molar-refractivity contribution >= 4 is 35.7 Å². The van der Waals surface area contributed by atoms with E-state index in [9.17, 15) is 9.59 Å². The molecule has 8 heteroatoms. The molecule has 3 rings (SSSR count). The first-order valence-electron chi connectivity index (χ1n) is 8.44. The van der Waals surface area contributed by atoms with Crippen LogP contribution in [0.2, 0.25) is 0 Å². The van der Waals surface area contributed by atoms with Crippen LogP contribution in [0.25, 0.3) is 0 Å². The van der Waals surface area contributed by atoms with Crippen LogP contribution < -0.4 is 26.0 Å². The zero-order valence-electron chi connectivity index (χ0n) is 15.0. The van der Waals surface area contributed by atoms with Gasteiger partial charge < -0.3 is 21.1 Å². The number of ether oxygens (including phenoxy) is 1. The number of nitrogens with two attached hydrogens (primary N) is 1. The minimum atomic E-state index is -0.191. The number of nitrogens with one attached hydrogen (secondary N) is 2. The number of urea groups is 1. The highest BCUT2D eigenvalue weighted by Gasteiger charge is 2.25. The number of benzene rings is 2. The fourth-order valence-electron chi connectivity index (χ4n) is 2.85. The van der Waals surface area contributed by atoms with Crippen molar-refractivity contribution in [1.82, 2.24) is 10.6 Å². The normalized spacial score (nSPS) is 12.9. The Morgan fingerprint density at radius 1 is 1.26 bits per heavy atom. The molecule has 3 amide bonds. The molecule has 1 heterocycles. The zero-order chi connectivity index (χ0) is 18.5. The molecule has 0 aliphatic carbocycles. The molecule has 1 saturated heterocycles. The Hall–Kier alpha value is -2.93. The molecule has 144 valence electrons. The summed E-state index contributed by atoms with van der Waals surface area (Å²) in [5.74, 6) is 0.365. The van der Waals surface area contributed by atoms with Gasteiger partial charge in [-0.2, -0.15) is 0 Å². The van der Waals surface area contributed by atoms with E-state index < -0.39 is 0 Å². The Morgan fingerprint density at radius 2 is 2.00 bits per heavy atom. The lowest BCUT2D eigenvalue weighted by atomic mass is 10.1. The van der Waals surface area contributed by atoms with Crippen LogP contribution in [0, 0.1) is 0 Å². The molecule has 0 atom stereocenters. The largest absolute Gasteiger partial charge is 0.495 e. The van der Waals surface area contributed by atoms with E-state index in [4.69, 9.17) is 10.5 Å². The highest BCUT2D eigenvalue weighted by Crippen LogP contribution is 2.30. The molecule has 4 N–H and O–H groups in total. The number of hydrogen-bond acceptors (Lipinski definition) is 4. The highest BCUT2D eigenvalue weighted by atomic mass is 35.5. The fourth-order valence-corrected chi connectivity index (χ4v) is 2.85. The first-order chi connectivity index (χ1) is 12.6. The second-order valence-electron chi connectivity index (χ2n) is 6.02.